The monoisotopic (exact) mass is 902 g/mol. The first-order chi connectivity index (χ1) is 35.2. The van der Waals surface area contributed by atoms with Crippen LogP contribution in [0.5, 0.6) is 11.5 Å². The van der Waals surface area contributed by atoms with Crippen LogP contribution in [0.3, 0.4) is 0 Å². The summed E-state index contributed by atoms with van der Waals surface area (Å²) in [6.45, 7) is 0. The lowest BCUT2D eigenvalue weighted by molar-refractivity contribution is 0.429. The van der Waals surface area contributed by atoms with Crippen LogP contribution in [0.25, 0.3) is 77.7 Å². The molecule has 1 aliphatic heterocycles. The van der Waals surface area contributed by atoms with Gasteiger partial charge in [-0.25, -0.2) is 9.97 Å². The molecule has 0 bridgehead atoms. The van der Waals surface area contributed by atoms with Gasteiger partial charge in [0.1, 0.15) is 11.5 Å². The summed E-state index contributed by atoms with van der Waals surface area (Å²) in [6, 6.07) is 93.0. The number of ether oxygens (including phenoxy) is 1. The van der Waals surface area contributed by atoms with Crippen molar-refractivity contribution in [2.75, 3.05) is 0 Å². The quantitative estimate of drug-likeness (QED) is 0.165. The van der Waals surface area contributed by atoms with Gasteiger partial charge in [-0.3, -0.25) is 0 Å². The highest BCUT2D eigenvalue weighted by molar-refractivity contribution is 6.08. The predicted molar refractivity (Wildman–Crippen MR) is 288 cm³/mol. The lowest BCUT2D eigenvalue weighted by atomic mass is 9.50. The summed E-state index contributed by atoms with van der Waals surface area (Å²) in [5, 5.41) is 4.89. The van der Waals surface area contributed by atoms with E-state index in [4.69, 9.17) is 14.7 Å². The van der Waals surface area contributed by atoms with Crippen LogP contribution in [0.2, 0.25) is 0 Å². The van der Waals surface area contributed by atoms with Crippen molar-refractivity contribution in [3.8, 4) is 67.7 Å². The van der Waals surface area contributed by atoms with Crippen LogP contribution in [0.1, 0.15) is 44.5 Å². The molecule has 3 aliphatic rings. The van der Waals surface area contributed by atoms with E-state index in [0.717, 1.165) is 56.3 Å². The molecule has 330 valence electrons. The minimum absolute atomic E-state index is 0.642. The zero-order chi connectivity index (χ0) is 46.7. The summed E-state index contributed by atoms with van der Waals surface area (Å²) in [4.78, 5) is 10.6. The van der Waals surface area contributed by atoms with Crippen LogP contribution in [0.15, 0.2) is 255 Å². The van der Waals surface area contributed by atoms with E-state index in [-0.39, 0.29) is 0 Å². The first kappa shape index (κ1) is 39.8. The Morgan fingerprint density at radius 2 is 0.775 bits per heavy atom. The fourth-order valence-electron chi connectivity index (χ4n) is 12.8. The van der Waals surface area contributed by atoms with E-state index in [0.29, 0.717) is 5.82 Å². The third-order valence-corrected chi connectivity index (χ3v) is 15.6. The van der Waals surface area contributed by atoms with Gasteiger partial charge in [0.15, 0.2) is 5.82 Å². The molecule has 0 fully saturated rings. The fraction of sp³-hybridized carbons (Fsp3) is 0.0294. The van der Waals surface area contributed by atoms with Crippen molar-refractivity contribution < 1.29 is 4.74 Å². The number of benzene rings is 11. The lowest BCUT2D eigenvalue weighted by Gasteiger charge is -2.51. The molecule has 0 atom stereocenters. The normalized spacial score (nSPS) is 14.0. The molecule has 0 N–H and O–H groups in total. The van der Waals surface area contributed by atoms with Crippen LogP contribution in [-0.4, -0.2) is 9.97 Å². The van der Waals surface area contributed by atoms with Gasteiger partial charge in [0.25, 0.3) is 0 Å². The van der Waals surface area contributed by atoms with Crippen LogP contribution in [0.4, 0.5) is 0 Å². The minimum Gasteiger partial charge on any atom is -0.457 e. The van der Waals surface area contributed by atoms with E-state index < -0.39 is 10.8 Å². The Kier molecular flexibility index (Phi) is 8.49. The summed E-state index contributed by atoms with van der Waals surface area (Å²) in [5.41, 5.74) is 18.3. The molecule has 3 heteroatoms. The van der Waals surface area contributed by atoms with Crippen LogP contribution >= 0.6 is 0 Å². The van der Waals surface area contributed by atoms with E-state index in [9.17, 15) is 0 Å². The first-order valence-electron chi connectivity index (χ1n) is 24.5. The lowest BCUT2D eigenvalue weighted by Crippen LogP contribution is -2.45. The van der Waals surface area contributed by atoms with Gasteiger partial charge < -0.3 is 4.74 Å². The maximum atomic E-state index is 6.78. The van der Waals surface area contributed by atoms with E-state index in [1.165, 1.54) is 71.6 Å². The van der Waals surface area contributed by atoms with Gasteiger partial charge in [-0.05, 0) is 108 Å². The molecule has 12 aromatic rings. The fourth-order valence-corrected chi connectivity index (χ4v) is 12.8. The average molecular weight is 903 g/mol. The van der Waals surface area contributed by atoms with Gasteiger partial charge in [-0.2, -0.15) is 0 Å². The number of aromatic nitrogens is 2. The number of para-hydroxylation sites is 2. The molecule has 0 saturated carbocycles. The highest BCUT2D eigenvalue weighted by atomic mass is 16.5. The highest BCUT2D eigenvalue weighted by Crippen LogP contribution is 2.68. The molecular formula is C68H42N2O. The van der Waals surface area contributed by atoms with E-state index in [1.54, 1.807) is 0 Å². The summed E-state index contributed by atoms with van der Waals surface area (Å²) < 4.78 is 6.78. The minimum atomic E-state index is -0.664. The number of fused-ring (bicyclic) bond motifs is 18. The molecule has 0 unspecified atom stereocenters. The number of hydrogen-bond acceptors (Lipinski definition) is 3. The van der Waals surface area contributed by atoms with Crippen molar-refractivity contribution in [3.63, 3.8) is 0 Å². The molecule has 2 aliphatic carbocycles. The van der Waals surface area contributed by atoms with Crippen molar-refractivity contribution in [2.45, 2.75) is 10.8 Å². The molecule has 0 amide bonds. The van der Waals surface area contributed by atoms with Gasteiger partial charge in [-0.15, -0.1) is 0 Å². The van der Waals surface area contributed by atoms with Crippen molar-refractivity contribution in [1.29, 1.82) is 0 Å². The number of rotatable bonds is 4. The largest absolute Gasteiger partial charge is 0.457 e. The van der Waals surface area contributed by atoms with E-state index in [1.807, 2.05) is 6.07 Å². The zero-order valence-electron chi connectivity index (χ0n) is 38.6. The summed E-state index contributed by atoms with van der Waals surface area (Å²) in [5.74, 6) is 2.46. The van der Waals surface area contributed by atoms with Gasteiger partial charge in [0, 0.05) is 27.8 Å². The molecular weight excluding hydrogens is 861 g/mol. The molecule has 71 heavy (non-hydrogen) atoms. The molecule has 0 radical (unpaired) electrons. The highest BCUT2D eigenvalue weighted by Gasteiger charge is 2.59. The van der Waals surface area contributed by atoms with Gasteiger partial charge in [0.2, 0.25) is 0 Å². The summed E-state index contributed by atoms with van der Waals surface area (Å²) >= 11 is 0. The molecule has 1 aromatic heterocycles. The van der Waals surface area contributed by atoms with Crippen molar-refractivity contribution in [1.82, 2.24) is 9.97 Å². The van der Waals surface area contributed by atoms with Gasteiger partial charge in [0.05, 0.1) is 22.2 Å². The summed E-state index contributed by atoms with van der Waals surface area (Å²) in [7, 11) is 0. The standard InChI is InChI=1S/C68H42N2O/c1-2-19-44(20-3-1)66-69-61(42-62(70-66)48-38-39-50-46(41-48)37-36-43-18-4-5-23-49(43)50)47-22-16-21-45(40-47)51-25-17-26-53-52-24-6-7-27-54(52)68(65(51)53)57-30-10-8-28-55(57)67(56-29-9-11-31-58(56)68)59-32-12-14-34-63(59)71-64-35-15-13-33-60(64)67/h1-42H. The number of nitrogens with zero attached hydrogens (tertiary/aromatic N) is 2. The third-order valence-electron chi connectivity index (χ3n) is 15.6. The average Bonchev–Trinajstić information content (AvgIpc) is 3.76. The Hall–Kier alpha value is -9.18. The van der Waals surface area contributed by atoms with Gasteiger partial charge in [-0.1, -0.05) is 224 Å². The predicted octanol–water partition coefficient (Wildman–Crippen LogP) is 16.6. The van der Waals surface area contributed by atoms with E-state index in [2.05, 4.69) is 249 Å². The molecule has 2 heterocycles. The molecule has 2 spiro atoms. The Bertz CT molecular complexity index is 4080. The first-order valence-corrected chi connectivity index (χ1v) is 24.5. The molecule has 15 rings (SSSR count). The van der Waals surface area contributed by atoms with Crippen molar-refractivity contribution >= 4 is 21.5 Å². The van der Waals surface area contributed by atoms with Crippen molar-refractivity contribution in [3.05, 3.63) is 299 Å². The van der Waals surface area contributed by atoms with E-state index >= 15 is 0 Å². The zero-order valence-corrected chi connectivity index (χ0v) is 38.6. The van der Waals surface area contributed by atoms with Crippen LogP contribution < -0.4 is 4.74 Å². The van der Waals surface area contributed by atoms with Crippen LogP contribution in [-0.2, 0) is 10.8 Å². The molecule has 11 aromatic carbocycles. The Labute approximate surface area is 412 Å². The second-order valence-electron chi connectivity index (χ2n) is 19.1. The second kappa shape index (κ2) is 15.2. The van der Waals surface area contributed by atoms with Crippen LogP contribution in [0, 0.1) is 0 Å². The third kappa shape index (κ3) is 5.54. The van der Waals surface area contributed by atoms with Crippen molar-refractivity contribution in [2.24, 2.45) is 0 Å². The SMILES string of the molecule is c1ccc(-c2nc(-c3cccc(-c4cccc5c4C4(c6ccccc6-5)c5ccccc5C5(c6ccccc6Oc6ccccc65)c5ccccc54)c3)cc(-c3ccc4c(ccc5ccccc54)c3)n2)cc1. The maximum Gasteiger partial charge on any atom is 0.160 e. The topological polar surface area (TPSA) is 35.0 Å². The Morgan fingerprint density at radius 1 is 0.282 bits per heavy atom. The smallest absolute Gasteiger partial charge is 0.160 e. The Balaban J connectivity index is 0.961. The second-order valence-corrected chi connectivity index (χ2v) is 19.1. The maximum absolute atomic E-state index is 6.78. The molecule has 3 nitrogen and oxygen atoms in total. The number of hydrogen-bond donors (Lipinski definition) is 0. The molecule has 0 saturated heterocycles. The Morgan fingerprint density at radius 3 is 1.49 bits per heavy atom. The summed E-state index contributed by atoms with van der Waals surface area (Å²) in [6.07, 6.45) is 0. The van der Waals surface area contributed by atoms with Gasteiger partial charge >= 0.3 is 0 Å².